The van der Waals surface area contributed by atoms with E-state index in [9.17, 15) is 14.7 Å². The molecule has 2 amide bonds. The molecule has 7 heteroatoms. The van der Waals surface area contributed by atoms with Gasteiger partial charge in [-0.25, -0.2) is 0 Å². The number of piperidine rings is 1. The molecular formula is C20H24N2O3S2. The van der Waals surface area contributed by atoms with Crippen LogP contribution in [0, 0.1) is 0 Å². The van der Waals surface area contributed by atoms with Gasteiger partial charge in [0.1, 0.15) is 10.4 Å². The van der Waals surface area contributed by atoms with Crippen LogP contribution in [0.1, 0.15) is 38.2 Å². The molecule has 0 bridgehead atoms. The first kappa shape index (κ1) is 20.0. The molecule has 2 aliphatic rings. The van der Waals surface area contributed by atoms with Gasteiger partial charge < -0.3 is 10.0 Å². The molecule has 0 aromatic heterocycles. The fourth-order valence-corrected chi connectivity index (χ4v) is 5.02. The average Bonchev–Trinajstić information content (AvgIpc) is 2.95. The van der Waals surface area contributed by atoms with Crippen LogP contribution in [-0.4, -0.2) is 56.3 Å². The lowest BCUT2D eigenvalue weighted by atomic mass is 9.98. The number of rotatable bonds is 5. The minimum absolute atomic E-state index is 0.0389. The number of thioether (sulfide) groups is 1. The maximum absolute atomic E-state index is 13.1. The Morgan fingerprint density at radius 3 is 2.81 bits per heavy atom. The lowest BCUT2D eigenvalue weighted by Gasteiger charge is -2.38. The van der Waals surface area contributed by atoms with Crippen LogP contribution in [0.5, 0.6) is 0 Å². The second-order valence-corrected chi connectivity index (χ2v) is 8.51. The second kappa shape index (κ2) is 8.99. The molecule has 2 heterocycles. The topological polar surface area (TPSA) is 60.9 Å². The van der Waals surface area contributed by atoms with E-state index < -0.39 is 6.04 Å². The van der Waals surface area contributed by atoms with Gasteiger partial charge in [-0.05, 0) is 44.2 Å². The number of nitrogens with zero attached hydrogens (tertiary/aromatic N) is 2. The Morgan fingerprint density at radius 1 is 1.37 bits per heavy atom. The van der Waals surface area contributed by atoms with Crippen LogP contribution in [0.15, 0.2) is 35.2 Å². The summed E-state index contributed by atoms with van der Waals surface area (Å²) in [5.41, 5.74) is 0.927. The van der Waals surface area contributed by atoms with Gasteiger partial charge in [-0.2, -0.15) is 0 Å². The molecule has 0 aliphatic carbocycles. The zero-order chi connectivity index (χ0) is 19.4. The van der Waals surface area contributed by atoms with Crippen LogP contribution in [-0.2, 0) is 9.59 Å². The number of hydrogen-bond donors (Lipinski definition) is 1. The molecule has 144 valence electrons. The summed E-state index contributed by atoms with van der Waals surface area (Å²) in [6.07, 6.45) is 5.29. The zero-order valence-electron chi connectivity index (χ0n) is 15.3. The van der Waals surface area contributed by atoms with E-state index >= 15 is 0 Å². The Balaban J connectivity index is 1.76. The number of likely N-dealkylation sites (tertiary alicyclic amines) is 1. The smallest absolute Gasteiger partial charge is 0.266 e. The van der Waals surface area contributed by atoms with Gasteiger partial charge in [-0.15, -0.1) is 0 Å². The SMILES string of the molecule is C[C@H](C(=O)N1CCCC[C@@H]1CCO)N1C(=O)/C(=C\c2ccccc2)SC1=S. The molecule has 1 aromatic rings. The van der Waals surface area contributed by atoms with Gasteiger partial charge in [-0.1, -0.05) is 54.3 Å². The van der Waals surface area contributed by atoms with E-state index in [-0.39, 0.29) is 24.5 Å². The first-order valence-electron chi connectivity index (χ1n) is 9.26. The van der Waals surface area contributed by atoms with E-state index in [1.807, 2.05) is 41.3 Å². The van der Waals surface area contributed by atoms with Gasteiger partial charge in [0.15, 0.2) is 0 Å². The number of benzene rings is 1. The van der Waals surface area contributed by atoms with Crippen molar-refractivity contribution in [3.05, 3.63) is 40.8 Å². The van der Waals surface area contributed by atoms with E-state index in [0.29, 0.717) is 22.2 Å². The number of thiocarbonyl (C=S) groups is 1. The highest BCUT2D eigenvalue weighted by Gasteiger charge is 2.40. The third-order valence-corrected chi connectivity index (χ3v) is 6.37. The number of carbonyl (C=O) groups excluding carboxylic acids is 2. The number of hydrogen-bond acceptors (Lipinski definition) is 5. The van der Waals surface area contributed by atoms with Gasteiger partial charge in [0.05, 0.1) is 4.91 Å². The summed E-state index contributed by atoms with van der Waals surface area (Å²) in [7, 11) is 0. The molecule has 0 unspecified atom stereocenters. The van der Waals surface area contributed by atoms with Crippen molar-refractivity contribution in [1.82, 2.24) is 9.80 Å². The van der Waals surface area contributed by atoms with Crippen molar-refractivity contribution in [1.29, 1.82) is 0 Å². The first-order chi connectivity index (χ1) is 13.0. The summed E-state index contributed by atoms with van der Waals surface area (Å²) in [6.45, 7) is 2.47. The van der Waals surface area contributed by atoms with Crippen LogP contribution in [0.25, 0.3) is 6.08 Å². The molecule has 27 heavy (non-hydrogen) atoms. The molecule has 0 radical (unpaired) electrons. The highest BCUT2D eigenvalue weighted by atomic mass is 32.2. The average molecular weight is 405 g/mol. The lowest BCUT2D eigenvalue weighted by Crippen LogP contribution is -2.53. The van der Waals surface area contributed by atoms with Crippen molar-refractivity contribution in [2.45, 2.75) is 44.7 Å². The molecule has 1 N–H and O–H groups in total. The van der Waals surface area contributed by atoms with Crippen molar-refractivity contribution in [3.63, 3.8) is 0 Å². The Morgan fingerprint density at radius 2 is 2.11 bits per heavy atom. The van der Waals surface area contributed by atoms with Crippen LogP contribution < -0.4 is 0 Å². The molecule has 2 aliphatic heterocycles. The van der Waals surface area contributed by atoms with E-state index in [1.165, 1.54) is 16.7 Å². The van der Waals surface area contributed by atoms with Crippen LogP contribution in [0.2, 0.25) is 0 Å². The maximum Gasteiger partial charge on any atom is 0.266 e. The summed E-state index contributed by atoms with van der Waals surface area (Å²) < 4.78 is 0.416. The normalized spacial score (nSPS) is 23.2. The fourth-order valence-electron chi connectivity index (χ4n) is 3.60. The molecule has 1 aromatic carbocycles. The largest absolute Gasteiger partial charge is 0.396 e. The highest BCUT2D eigenvalue weighted by molar-refractivity contribution is 8.26. The number of aliphatic hydroxyl groups is 1. The van der Waals surface area contributed by atoms with E-state index in [4.69, 9.17) is 12.2 Å². The summed E-state index contributed by atoms with van der Waals surface area (Å²) in [5.74, 6) is -0.309. The van der Waals surface area contributed by atoms with E-state index in [1.54, 1.807) is 6.92 Å². The summed E-state index contributed by atoms with van der Waals surface area (Å²) in [4.78, 5) is 29.8. The van der Waals surface area contributed by atoms with Crippen molar-refractivity contribution in [2.75, 3.05) is 13.2 Å². The molecule has 0 spiro atoms. The Bertz CT molecular complexity index is 749. The first-order valence-corrected chi connectivity index (χ1v) is 10.5. The van der Waals surface area contributed by atoms with Crippen molar-refractivity contribution < 1.29 is 14.7 Å². The van der Waals surface area contributed by atoms with E-state index in [2.05, 4.69) is 0 Å². The maximum atomic E-state index is 13.1. The fraction of sp³-hybridized carbons (Fsp3) is 0.450. The quantitative estimate of drug-likeness (QED) is 0.604. The second-order valence-electron chi connectivity index (χ2n) is 6.83. The summed E-state index contributed by atoms with van der Waals surface area (Å²) in [5, 5.41) is 9.29. The van der Waals surface area contributed by atoms with Gasteiger partial charge in [0.25, 0.3) is 5.91 Å². The lowest BCUT2D eigenvalue weighted by molar-refractivity contribution is -0.142. The van der Waals surface area contributed by atoms with Gasteiger partial charge in [0, 0.05) is 19.2 Å². The van der Waals surface area contributed by atoms with Gasteiger partial charge >= 0.3 is 0 Å². The molecule has 2 atom stereocenters. The van der Waals surface area contributed by atoms with Crippen molar-refractivity contribution >= 4 is 46.2 Å². The van der Waals surface area contributed by atoms with E-state index in [0.717, 1.165) is 24.8 Å². The molecule has 5 nitrogen and oxygen atoms in total. The monoisotopic (exact) mass is 404 g/mol. The van der Waals surface area contributed by atoms with Gasteiger partial charge in [-0.3, -0.25) is 14.5 Å². The molecule has 2 fully saturated rings. The van der Waals surface area contributed by atoms with Gasteiger partial charge in [0.2, 0.25) is 5.91 Å². The van der Waals surface area contributed by atoms with Crippen LogP contribution in [0.4, 0.5) is 0 Å². The molecule has 2 saturated heterocycles. The van der Waals surface area contributed by atoms with Crippen molar-refractivity contribution in [3.8, 4) is 0 Å². The predicted molar refractivity (Wildman–Crippen MR) is 112 cm³/mol. The molecule has 3 rings (SSSR count). The molecule has 0 saturated carbocycles. The minimum Gasteiger partial charge on any atom is -0.396 e. The number of amides is 2. The highest BCUT2D eigenvalue weighted by Crippen LogP contribution is 2.34. The minimum atomic E-state index is -0.640. The molecular weight excluding hydrogens is 380 g/mol. The number of carbonyl (C=O) groups is 2. The third-order valence-electron chi connectivity index (χ3n) is 5.04. The Kier molecular flexibility index (Phi) is 6.68. The Labute approximate surface area is 169 Å². The Hall–Kier alpha value is -1.70. The predicted octanol–water partition coefficient (Wildman–Crippen LogP) is 3.04. The van der Waals surface area contributed by atoms with Crippen molar-refractivity contribution in [2.24, 2.45) is 0 Å². The van der Waals surface area contributed by atoms with Crippen LogP contribution in [0.3, 0.4) is 0 Å². The summed E-state index contributed by atoms with van der Waals surface area (Å²) in [6, 6.07) is 9.00. The summed E-state index contributed by atoms with van der Waals surface area (Å²) >= 11 is 6.64. The third kappa shape index (κ3) is 4.42. The standard InChI is InChI=1S/C20H24N2O3S2/c1-14(18(24)21-11-6-5-9-16(21)10-12-23)22-19(25)17(27-20(22)26)13-15-7-3-2-4-8-15/h2-4,7-8,13-14,16,23H,5-6,9-12H2,1H3/b17-13+/t14-,16-/m1/s1. The zero-order valence-corrected chi connectivity index (χ0v) is 17.0. The van der Waals surface area contributed by atoms with Crippen LogP contribution >= 0.6 is 24.0 Å². The number of aliphatic hydroxyl groups excluding tert-OH is 1.